The second kappa shape index (κ2) is 7.67. The van der Waals surface area contributed by atoms with E-state index in [1.807, 2.05) is 31.2 Å². The fourth-order valence-electron chi connectivity index (χ4n) is 2.57. The predicted octanol–water partition coefficient (Wildman–Crippen LogP) is 3.33. The molecule has 0 amide bonds. The topological polar surface area (TPSA) is 92.3 Å². The number of nitrogens with one attached hydrogen (secondary N) is 2. The number of sulfonamides is 2. The molecule has 3 aromatic carbocycles. The Labute approximate surface area is 159 Å². The monoisotopic (exact) mass is 404 g/mol. The normalized spacial score (nSPS) is 12.2. The van der Waals surface area contributed by atoms with Gasteiger partial charge < -0.3 is 0 Å². The van der Waals surface area contributed by atoms with Gasteiger partial charge in [-0.05, 0) is 53.6 Å². The maximum absolute atomic E-state index is 12.6. The van der Waals surface area contributed by atoms with Crippen LogP contribution in [-0.2, 0) is 20.0 Å². The molecule has 0 aliphatic rings. The SMILES string of the molecule is CCCNS(=O)(=O)c1ccc(NS(=O)(=O)c2ccc3ccccc3c2)cc1. The third kappa shape index (κ3) is 4.47. The number of hydrogen-bond donors (Lipinski definition) is 2. The first kappa shape index (κ1) is 19.3. The number of fused-ring (bicyclic) bond motifs is 1. The van der Waals surface area contributed by atoms with Crippen molar-refractivity contribution in [3.63, 3.8) is 0 Å². The van der Waals surface area contributed by atoms with Gasteiger partial charge in [-0.2, -0.15) is 0 Å². The zero-order valence-electron chi connectivity index (χ0n) is 14.7. The van der Waals surface area contributed by atoms with Crippen LogP contribution in [0.1, 0.15) is 13.3 Å². The highest BCUT2D eigenvalue weighted by atomic mass is 32.2. The summed E-state index contributed by atoms with van der Waals surface area (Å²) in [6, 6.07) is 18.0. The van der Waals surface area contributed by atoms with Gasteiger partial charge in [-0.25, -0.2) is 21.6 Å². The smallest absolute Gasteiger partial charge is 0.261 e. The molecule has 0 atom stereocenters. The summed E-state index contributed by atoms with van der Waals surface area (Å²) in [4.78, 5) is 0.229. The lowest BCUT2D eigenvalue weighted by Gasteiger charge is -2.10. The number of hydrogen-bond acceptors (Lipinski definition) is 4. The van der Waals surface area contributed by atoms with Crippen LogP contribution < -0.4 is 9.44 Å². The summed E-state index contributed by atoms with van der Waals surface area (Å²) < 4.78 is 54.4. The average molecular weight is 405 g/mol. The first-order chi connectivity index (χ1) is 12.8. The Kier molecular flexibility index (Phi) is 5.50. The van der Waals surface area contributed by atoms with E-state index in [0.717, 1.165) is 10.8 Å². The lowest BCUT2D eigenvalue weighted by molar-refractivity contribution is 0.581. The summed E-state index contributed by atoms with van der Waals surface area (Å²) >= 11 is 0. The molecule has 0 heterocycles. The summed E-state index contributed by atoms with van der Waals surface area (Å²) in [5.74, 6) is 0. The fraction of sp³-hybridized carbons (Fsp3) is 0.158. The Balaban J connectivity index is 1.83. The predicted molar refractivity (Wildman–Crippen MR) is 107 cm³/mol. The molecule has 0 saturated carbocycles. The van der Waals surface area contributed by atoms with Gasteiger partial charge >= 0.3 is 0 Å². The van der Waals surface area contributed by atoms with Gasteiger partial charge in [-0.15, -0.1) is 0 Å². The summed E-state index contributed by atoms with van der Waals surface area (Å²) in [6.07, 6.45) is 0.683. The Morgan fingerprint density at radius 1 is 0.741 bits per heavy atom. The van der Waals surface area contributed by atoms with Gasteiger partial charge in [0, 0.05) is 12.2 Å². The molecule has 0 radical (unpaired) electrons. The molecule has 0 bridgehead atoms. The summed E-state index contributed by atoms with van der Waals surface area (Å²) in [7, 11) is -7.37. The Hall–Kier alpha value is -2.42. The van der Waals surface area contributed by atoms with Gasteiger partial charge in [0.05, 0.1) is 9.79 Å². The zero-order chi connectivity index (χ0) is 19.5. The molecular weight excluding hydrogens is 384 g/mol. The van der Waals surface area contributed by atoms with Crippen molar-refractivity contribution in [1.29, 1.82) is 0 Å². The summed E-state index contributed by atoms with van der Waals surface area (Å²) in [5.41, 5.74) is 0.289. The molecule has 27 heavy (non-hydrogen) atoms. The van der Waals surface area contributed by atoms with E-state index in [9.17, 15) is 16.8 Å². The second-order valence-electron chi connectivity index (χ2n) is 6.04. The zero-order valence-corrected chi connectivity index (χ0v) is 16.3. The largest absolute Gasteiger partial charge is 0.280 e. The Bertz CT molecular complexity index is 1160. The molecule has 142 valence electrons. The maximum atomic E-state index is 12.6. The van der Waals surface area contributed by atoms with E-state index in [1.54, 1.807) is 12.1 Å². The molecule has 0 aliphatic carbocycles. The number of anilines is 1. The number of rotatable bonds is 7. The van der Waals surface area contributed by atoms with Crippen molar-refractivity contribution in [3.8, 4) is 0 Å². The third-order valence-corrected chi connectivity index (χ3v) is 6.85. The van der Waals surface area contributed by atoms with Crippen LogP contribution in [0.2, 0.25) is 0 Å². The summed E-state index contributed by atoms with van der Waals surface area (Å²) in [6.45, 7) is 2.21. The molecular formula is C19H20N2O4S2. The molecule has 8 heteroatoms. The average Bonchev–Trinajstić information content (AvgIpc) is 2.66. The van der Waals surface area contributed by atoms with Crippen molar-refractivity contribution in [3.05, 3.63) is 66.7 Å². The molecule has 3 aromatic rings. The highest BCUT2D eigenvalue weighted by molar-refractivity contribution is 7.92. The van der Waals surface area contributed by atoms with Crippen LogP contribution in [0.4, 0.5) is 5.69 Å². The standard InChI is InChI=1S/C19H20N2O4S2/c1-2-13-20-26(22,23)18-11-8-17(9-12-18)21-27(24,25)19-10-7-15-5-3-4-6-16(15)14-19/h3-12,14,20-21H,2,13H2,1H3. The molecule has 0 unspecified atom stereocenters. The Morgan fingerprint density at radius 2 is 1.37 bits per heavy atom. The highest BCUT2D eigenvalue weighted by Crippen LogP contribution is 2.22. The van der Waals surface area contributed by atoms with Crippen molar-refractivity contribution >= 4 is 36.5 Å². The van der Waals surface area contributed by atoms with Crippen molar-refractivity contribution in [2.75, 3.05) is 11.3 Å². The van der Waals surface area contributed by atoms with Crippen LogP contribution in [0.3, 0.4) is 0 Å². The number of benzene rings is 3. The lowest BCUT2D eigenvalue weighted by atomic mass is 10.1. The van der Waals surface area contributed by atoms with Gasteiger partial charge in [-0.3, -0.25) is 4.72 Å². The minimum Gasteiger partial charge on any atom is -0.280 e. The first-order valence-electron chi connectivity index (χ1n) is 8.43. The molecule has 2 N–H and O–H groups in total. The quantitative estimate of drug-likeness (QED) is 0.632. The van der Waals surface area contributed by atoms with Gasteiger partial charge in [0.1, 0.15) is 0 Å². The van der Waals surface area contributed by atoms with Crippen LogP contribution in [0, 0.1) is 0 Å². The van der Waals surface area contributed by atoms with Gasteiger partial charge in [0.15, 0.2) is 0 Å². The van der Waals surface area contributed by atoms with Crippen molar-refractivity contribution in [1.82, 2.24) is 4.72 Å². The minimum atomic E-state index is -3.78. The molecule has 6 nitrogen and oxygen atoms in total. The lowest BCUT2D eigenvalue weighted by Crippen LogP contribution is -2.24. The molecule has 3 rings (SSSR count). The van der Waals surface area contributed by atoms with E-state index in [-0.39, 0.29) is 15.5 Å². The molecule has 0 saturated heterocycles. The van der Waals surface area contributed by atoms with Crippen molar-refractivity contribution < 1.29 is 16.8 Å². The van der Waals surface area contributed by atoms with Gasteiger partial charge in [0.2, 0.25) is 10.0 Å². The molecule has 0 fully saturated rings. The Morgan fingerprint density at radius 3 is 2.04 bits per heavy atom. The van der Waals surface area contributed by atoms with Crippen LogP contribution >= 0.6 is 0 Å². The fourth-order valence-corrected chi connectivity index (χ4v) is 4.80. The van der Waals surface area contributed by atoms with E-state index < -0.39 is 20.0 Å². The molecule has 0 aromatic heterocycles. The highest BCUT2D eigenvalue weighted by Gasteiger charge is 2.16. The van der Waals surface area contributed by atoms with Crippen LogP contribution in [0.25, 0.3) is 10.8 Å². The first-order valence-corrected chi connectivity index (χ1v) is 11.4. The van der Waals surface area contributed by atoms with Crippen molar-refractivity contribution in [2.45, 2.75) is 23.1 Å². The summed E-state index contributed by atoms with van der Waals surface area (Å²) in [5, 5.41) is 1.77. The van der Waals surface area contributed by atoms with Crippen LogP contribution in [0.15, 0.2) is 76.5 Å². The van der Waals surface area contributed by atoms with Gasteiger partial charge in [0.25, 0.3) is 10.0 Å². The molecule has 0 spiro atoms. The minimum absolute atomic E-state index is 0.0876. The van der Waals surface area contributed by atoms with Gasteiger partial charge in [-0.1, -0.05) is 37.3 Å². The van der Waals surface area contributed by atoms with Crippen LogP contribution in [0.5, 0.6) is 0 Å². The van der Waals surface area contributed by atoms with Crippen LogP contribution in [-0.4, -0.2) is 23.4 Å². The maximum Gasteiger partial charge on any atom is 0.261 e. The van der Waals surface area contributed by atoms with E-state index >= 15 is 0 Å². The third-order valence-electron chi connectivity index (χ3n) is 3.99. The van der Waals surface area contributed by atoms with E-state index in [1.165, 1.54) is 30.3 Å². The van der Waals surface area contributed by atoms with E-state index in [0.29, 0.717) is 13.0 Å². The van der Waals surface area contributed by atoms with E-state index in [4.69, 9.17) is 0 Å². The van der Waals surface area contributed by atoms with Crippen molar-refractivity contribution in [2.24, 2.45) is 0 Å². The van der Waals surface area contributed by atoms with E-state index in [2.05, 4.69) is 9.44 Å². The molecule has 0 aliphatic heterocycles. The second-order valence-corrected chi connectivity index (χ2v) is 9.49.